The number of aliphatic hydroxyl groups is 1. The van der Waals surface area contributed by atoms with Crippen LogP contribution in [0.25, 0.3) is 11.1 Å². The second-order valence-electron chi connectivity index (χ2n) is 8.06. The smallest absolute Gasteiger partial charge is 0.407 e. The van der Waals surface area contributed by atoms with Gasteiger partial charge in [-0.15, -0.1) is 0 Å². The molecule has 0 aliphatic carbocycles. The number of hydrogen-bond acceptors (Lipinski definition) is 4. The molecule has 2 rings (SSSR count). The zero-order valence-corrected chi connectivity index (χ0v) is 17.1. The first-order valence-corrected chi connectivity index (χ1v) is 9.65. The lowest BCUT2D eigenvalue weighted by molar-refractivity contribution is -0.143. The summed E-state index contributed by atoms with van der Waals surface area (Å²) in [6.45, 7) is 4.79. The third-order valence-corrected chi connectivity index (χ3v) is 4.40. The van der Waals surface area contributed by atoms with Crippen molar-refractivity contribution in [3.63, 3.8) is 0 Å². The minimum absolute atomic E-state index is 0.103. The van der Waals surface area contributed by atoms with Crippen LogP contribution in [-0.2, 0) is 16.0 Å². The van der Waals surface area contributed by atoms with Crippen LogP contribution in [0.15, 0.2) is 54.6 Å². The van der Waals surface area contributed by atoms with E-state index in [1.807, 2.05) is 54.6 Å². The molecule has 0 aliphatic rings. The van der Waals surface area contributed by atoms with Crippen molar-refractivity contribution in [1.29, 1.82) is 0 Å². The van der Waals surface area contributed by atoms with Gasteiger partial charge in [0.25, 0.3) is 0 Å². The van der Waals surface area contributed by atoms with Gasteiger partial charge in [-0.1, -0.05) is 54.6 Å². The molecule has 0 bridgehead atoms. The molecule has 0 fully saturated rings. The summed E-state index contributed by atoms with van der Waals surface area (Å²) < 4.78 is 5.30. The maximum Gasteiger partial charge on any atom is 0.407 e. The van der Waals surface area contributed by atoms with E-state index in [0.29, 0.717) is 6.42 Å². The summed E-state index contributed by atoms with van der Waals surface area (Å²) >= 11 is 0. The van der Waals surface area contributed by atoms with Gasteiger partial charge in [-0.3, -0.25) is 4.79 Å². The fourth-order valence-electron chi connectivity index (χ4n) is 3.01. The maximum absolute atomic E-state index is 12.2. The Bertz CT molecular complexity index is 796. The molecule has 156 valence electrons. The number of carbonyl (C=O) groups is 2. The quantitative estimate of drug-likeness (QED) is 0.626. The zero-order valence-electron chi connectivity index (χ0n) is 17.1. The average molecular weight is 399 g/mol. The molecule has 6 nitrogen and oxygen atoms in total. The molecule has 1 amide bonds. The van der Waals surface area contributed by atoms with Crippen LogP contribution in [0.2, 0.25) is 0 Å². The lowest BCUT2D eigenvalue weighted by Gasteiger charge is -2.25. The summed E-state index contributed by atoms with van der Waals surface area (Å²) in [5.74, 6) is -2.05. The van der Waals surface area contributed by atoms with E-state index in [-0.39, 0.29) is 6.42 Å². The second kappa shape index (κ2) is 10.1. The van der Waals surface area contributed by atoms with Crippen molar-refractivity contribution in [1.82, 2.24) is 5.32 Å². The SMILES string of the molecule is CC(C)(C)OC(=O)NC(Cc1ccc(-c2ccccc2)cc1)CC(CO)C(=O)O. The minimum Gasteiger partial charge on any atom is -0.481 e. The monoisotopic (exact) mass is 399 g/mol. The van der Waals surface area contributed by atoms with Gasteiger partial charge < -0.3 is 20.3 Å². The van der Waals surface area contributed by atoms with Gasteiger partial charge in [-0.2, -0.15) is 0 Å². The molecule has 2 aromatic carbocycles. The number of ether oxygens (including phenoxy) is 1. The Morgan fingerprint density at radius 1 is 1.00 bits per heavy atom. The molecule has 0 saturated heterocycles. The minimum atomic E-state index is -1.09. The van der Waals surface area contributed by atoms with Crippen molar-refractivity contribution in [2.75, 3.05) is 6.61 Å². The summed E-state index contributed by atoms with van der Waals surface area (Å²) in [5.41, 5.74) is 2.47. The molecule has 2 unspecified atom stereocenters. The topological polar surface area (TPSA) is 95.9 Å². The summed E-state index contributed by atoms with van der Waals surface area (Å²) in [6.07, 6.45) is -0.0747. The van der Waals surface area contributed by atoms with E-state index in [1.165, 1.54) is 0 Å². The predicted octanol–water partition coefficient (Wildman–Crippen LogP) is 3.87. The number of nitrogens with one attached hydrogen (secondary N) is 1. The summed E-state index contributed by atoms with van der Waals surface area (Å²) in [7, 11) is 0. The van der Waals surface area contributed by atoms with Gasteiger partial charge in [-0.05, 0) is 50.3 Å². The number of hydrogen-bond donors (Lipinski definition) is 3. The molecule has 6 heteroatoms. The molecule has 3 N–H and O–H groups in total. The number of aliphatic hydroxyl groups excluding tert-OH is 1. The molecule has 0 radical (unpaired) electrons. The molecule has 0 heterocycles. The Labute approximate surface area is 171 Å². The first-order chi connectivity index (χ1) is 13.7. The molecule has 0 saturated carbocycles. The lowest BCUT2D eigenvalue weighted by atomic mass is 9.94. The number of aliphatic carboxylic acids is 1. The standard InChI is InChI=1S/C23H29NO5/c1-23(2,3)29-22(28)24-20(14-19(15-25)21(26)27)13-16-9-11-18(12-10-16)17-7-5-4-6-8-17/h4-12,19-20,25H,13-15H2,1-3H3,(H,24,28)(H,26,27). The Kier molecular flexibility index (Phi) is 7.79. The highest BCUT2D eigenvalue weighted by Crippen LogP contribution is 2.21. The number of carbonyl (C=O) groups excluding carboxylic acids is 1. The van der Waals surface area contributed by atoms with Gasteiger partial charge in [0.2, 0.25) is 0 Å². The number of amides is 1. The molecule has 0 aromatic heterocycles. The van der Waals surface area contributed by atoms with E-state index in [2.05, 4.69) is 5.32 Å². The number of carboxylic acid groups (broad SMARTS) is 1. The van der Waals surface area contributed by atoms with Crippen molar-refractivity contribution in [3.05, 3.63) is 60.2 Å². The van der Waals surface area contributed by atoms with E-state index in [9.17, 15) is 19.8 Å². The summed E-state index contributed by atoms with van der Waals surface area (Å²) in [5, 5.41) is 21.4. The lowest BCUT2D eigenvalue weighted by Crippen LogP contribution is -2.42. The molecule has 2 atom stereocenters. The van der Waals surface area contributed by atoms with Crippen LogP contribution >= 0.6 is 0 Å². The Morgan fingerprint density at radius 3 is 2.10 bits per heavy atom. The van der Waals surface area contributed by atoms with Gasteiger partial charge in [0.1, 0.15) is 5.60 Å². The van der Waals surface area contributed by atoms with Crippen LogP contribution < -0.4 is 5.32 Å². The fraction of sp³-hybridized carbons (Fsp3) is 0.391. The normalized spacial score (nSPS) is 13.4. The van der Waals surface area contributed by atoms with Gasteiger partial charge in [0, 0.05) is 6.04 Å². The van der Waals surface area contributed by atoms with E-state index in [1.54, 1.807) is 20.8 Å². The molecule has 29 heavy (non-hydrogen) atoms. The fourth-order valence-corrected chi connectivity index (χ4v) is 3.01. The molecule has 2 aromatic rings. The van der Waals surface area contributed by atoms with Gasteiger partial charge >= 0.3 is 12.1 Å². The van der Waals surface area contributed by atoms with Crippen molar-refractivity contribution in [2.45, 2.75) is 45.3 Å². The molecule has 0 aliphatic heterocycles. The Morgan fingerprint density at radius 2 is 1.59 bits per heavy atom. The highest BCUT2D eigenvalue weighted by Gasteiger charge is 2.25. The number of rotatable bonds is 8. The third-order valence-electron chi connectivity index (χ3n) is 4.40. The number of alkyl carbamates (subject to hydrolysis) is 1. The number of carboxylic acids is 1. The van der Waals surface area contributed by atoms with Crippen molar-refractivity contribution in [2.24, 2.45) is 5.92 Å². The first kappa shape index (κ1) is 22.4. The van der Waals surface area contributed by atoms with Crippen LogP contribution in [0.4, 0.5) is 4.79 Å². The van der Waals surface area contributed by atoms with Crippen LogP contribution in [0, 0.1) is 5.92 Å². The van der Waals surface area contributed by atoms with E-state index >= 15 is 0 Å². The third kappa shape index (κ3) is 7.58. The largest absolute Gasteiger partial charge is 0.481 e. The van der Waals surface area contributed by atoms with E-state index < -0.39 is 36.2 Å². The van der Waals surface area contributed by atoms with Crippen molar-refractivity contribution < 1.29 is 24.5 Å². The highest BCUT2D eigenvalue weighted by molar-refractivity contribution is 5.71. The Balaban J connectivity index is 2.13. The van der Waals surface area contributed by atoms with Crippen LogP contribution in [-0.4, -0.2) is 40.5 Å². The van der Waals surface area contributed by atoms with Gasteiger partial charge in [0.15, 0.2) is 0 Å². The zero-order chi connectivity index (χ0) is 21.4. The summed E-state index contributed by atoms with van der Waals surface area (Å²) in [6, 6.07) is 17.4. The molecule has 0 spiro atoms. The average Bonchev–Trinajstić information content (AvgIpc) is 2.65. The highest BCUT2D eigenvalue weighted by atomic mass is 16.6. The number of benzene rings is 2. The van der Waals surface area contributed by atoms with E-state index in [0.717, 1.165) is 16.7 Å². The van der Waals surface area contributed by atoms with Crippen LogP contribution in [0.1, 0.15) is 32.8 Å². The predicted molar refractivity (Wildman–Crippen MR) is 112 cm³/mol. The van der Waals surface area contributed by atoms with Crippen LogP contribution in [0.3, 0.4) is 0 Å². The van der Waals surface area contributed by atoms with Crippen molar-refractivity contribution in [3.8, 4) is 11.1 Å². The Hall–Kier alpha value is -2.86. The van der Waals surface area contributed by atoms with E-state index in [4.69, 9.17) is 4.74 Å². The van der Waals surface area contributed by atoms with Crippen molar-refractivity contribution >= 4 is 12.1 Å². The van der Waals surface area contributed by atoms with Crippen LogP contribution in [0.5, 0.6) is 0 Å². The molecular weight excluding hydrogens is 370 g/mol. The maximum atomic E-state index is 12.2. The van der Waals surface area contributed by atoms with Gasteiger partial charge in [-0.25, -0.2) is 4.79 Å². The molecular formula is C23H29NO5. The van der Waals surface area contributed by atoms with Gasteiger partial charge in [0.05, 0.1) is 12.5 Å². The first-order valence-electron chi connectivity index (χ1n) is 9.65. The summed E-state index contributed by atoms with van der Waals surface area (Å²) in [4.78, 5) is 23.5. The second-order valence-corrected chi connectivity index (χ2v) is 8.06.